The normalized spacial score (nSPS) is 10.3. The van der Waals surface area contributed by atoms with Crippen LogP contribution in [0.25, 0.3) is 0 Å². The standard InChI is InChI=1S/C21H20ClN3O3/c1-13-18(22)5-4-6-19(13)24-15-7-8-20(23-12-15)25-21(26)14-9-16(27-2)11-17(10-14)28-3/h4-12,24H,1-3H3,(H,23,25,26). The fourth-order valence-corrected chi connectivity index (χ4v) is 2.74. The number of carbonyl (C=O) groups excluding carboxylic acids is 1. The highest BCUT2D eigenvalue weighted by atomic mass is 35.5. The molecule has 144 valence electrons. The lowest BCUT2D eigenvalue weighted by molar-refractivity contribution is 0.102. The first-order valence-corrected chi connectivity index (χ1v) is 8.90. The highest BCUT2D eigenvalue weighted by molar-refractivity contribution is 6.31. The maximum atomic E-state index is 12.5. The zero-order chi connectivity index (χ0) is 20.1. The van der Waals surface area contributed by atoms with Crippen LogP contribution in [0.3, 0.4) is 0 Å². The number of pyridine rings is 1. The number of nitrogens with one attached hydrogen (secondary N) is 2. The Kier molecular flexibility index (Phi) is 6.01. The first-order chi connectivity index (χ1) is 13.5. The Morgan fingerprint density at radius 3 is 2.36 bits per heavy atom. The number of rotatable bonds is 6. The van der Waals surface area contributed by atoms with Crippen LogP contribution in [0, 0.1) is 6.92 Å². The molecule has 0 radical (unpaired) electrons. The summed E-state index contributed by atoms with van der Waals surface area (Å²) >= 11 is 6.14. The van der Waals surface area contributed by atoms with E-state index in [2.05, 4.69) is 15.6 Å². The van der Waals surface area contributed by atoms with Crippen LogP contribution in [0.4, 0.5) is 17.2 Å². The van der Waals surface area contributed by atoms with Crippen molar-refractivity contribution >= 4 is 34.7 Å². The highest BCUT2D eigenvalue weighted by Crippen LogP contribution is 2.26. The van der Waals surface area contributed by atoms with Crippen molar-refractivity contribution in [2.75, 3.05) is 24.9 Å². The summed E-state index contributed by atoms with van der Waals surface area (Å²) in [4.78, 5) is 16.8. The highest BCUT2D eigenvalue weighted by Gasteiger charge is 2.11. The molecular formula is C21H20ClN3O3. The fraction of sp³-hybridized carbons (Fsp3) is 0.143. The number of hydrogen-bond donors (Lipinski definition) is 2. The molecule has 0 atom stereocenters. The molecule has 7 heteroatoms. The molecule has 0 unspecified atom stereocenters. The van der Waals surface area contributed by atoms with E-state index in [1.54, 1.807) is 30.5 Å². The average Bonchev–Trinajstić information content (AvgIpc) is 2.72. The molecule has 0 aliphatic rings. The van der Waals surface area contributed by atoms with Crippen molar-refractivity contribution in [1.29, 1.82) is 0 Å². The van der Waals surface area contributed by atoms with Crippen LogP contribution in [0.2, 0.25) is 5.02 Å². The quantitative estimate of drug-likeness (QED) is 0.608. The van der Waals surface area contributed by atoms with Gasteiger partial charge in [-0.05, 0) is 48.9 Å². The van der Waals surface area contributed by atoms with Gasteiger partial charge in [-0.15, -0.1) is 0 Å². The van der Waals surface area contributed by atoms with Gasteiger partial charge in [-0.2, -0.15) is 0 Å². The van der Waals surface area contributed by atoms with Gasteiger partial charge >= 0.3 is 0 Å². The number of ether oxygens (including phenoxy) is 2. The van der Waals surface area contributed by atoms with Crippen molar-refractivity contribution in [1.82, 2.24) is 4.98 Å². The molecule has 1 aromatic heterocycles. The first-order valence-electron chi connectivity index (χ1n) is 8.53. The van der Waals surface area contributed by atoms with E-state index in [-0.39, 0.29) is 5.91 Å². The second-order valence-corrected chi connectivity index (χ2v) is 6.43. The van der Waals surface area contributed by atoms with Crippen molar-refractivity contribution in [3.05, 3.63) is 70.9 Å². The lowest BCUT2D eigenvalue weighted by atomic mass is 10.2. The van der Waals surface area contributed by atoms with Gasteiger partial charge < -0.3 is 20.1 Å². The number of amides is 1. The summed E-state index contributed by atoms with van der Waals surface area (Å²) in [6.45, 7) is 1.94. The summed E-state index contributed by atoms with van der Waals surface area (Å²) in [7, 11) is 3.07. The first kappa shape index (κ1) is 19.5. The number of carbonyl (C=O) groups is 1. The van der Waals surface area contributed by atoms with Crippen LogP contribution >= 0.6 is 11.6 Å². The maximum absolute atomic E-state index is 12.5. The number of methoxy groups -OCH3 is 2. The Morgan fingerprint density at radius 1 is 1.04 bits per heavy atom. The molecule has 0 saturated carbocycles. The number of halogens is 1. The van der Waals surface area contributed by atoms with Crippen LogP contribution in [0.15, 0.2) is 54.7 Å². The minimum absolute atomic E-state index is 0.309. The molecule has 0 aliphatic carbocycles. The summed E-state index contributed by atoms with van der Waals surface area (Å²) in [5.74, 6) is 1.19. The van der Waals surface area contributed by atoms with Crippen molar-refractivity contribution in [2.24, 2.45) is 0 Å². The van der Waals surface area contributed by atoms with Crippen LogP contribution < -0.4 is 20.1 Å². The topological polar surface area (TPSA) is 72.5 Å². The molecule has 6 nitrogen and oxygen atoms in total. The Bertz CT molecular complexity index is 968. The van der Waals surface area contributed by atoms with Crippen molar-refractivity contribution in [2.45, 2.75) is 6.92 Å². The predicted octanol–water partition coefficient (Wildman–Crippen LogP) is 5.06. The number of anilines is 3. The molecule has 3 aromatic rings. The van der Waals surface area contributed by atoms with Crippen LogP contribution in [-0.2, 0) is 0 Å². The van der Waals surface area contributed by atoms with Gasteiger partial charge in [0, 0.05) is 22.3 Å². The van der Waals surface area contributed by atoms with E-state index in [4.69, 9.17) is 21.1 Å². The van der Waals surface area contributed by atoms with Crippen molar-refractivity contribution in [3.8, 4) is 11.5 Å². The zero-order valence-electron chi connectivity index (χ0n) is 15.7. The third-order valence-corrected chi connectivity index (χ3v) is 4.57. The molecule has 0 saturated heterocycles. The summed E-state index contributed by atoms with van der Waals surface area (Å²) in [6, 6.07) is 14.2. The molecule has 0 spiro atoms. The van der Waals surface area contributed by atoms with E-state index in [1.165, 1.54) is 14.2 Å². The zero-order valence-corrected chi connectivity index (χ0v) is 16.5. The molecule has 0 aliphatic heterocycles. The SMILES string of the molecule is COc1cc(OC)cc(C(=O)Nc2ccc(Nc3cccc(Cl)c3C)cn2)c1. The molecule has 3 rings (SSSR count). The van der Waals surface area contributed by atoms with Gasteiger partial charge in [-0.25, -0.2) is 4.98 Å². The minimum atomic E-state index is -0.309. The Hall–Kier alpha value is -3.25. The lowest BCUT2D eigenvalue weighted by Crippen LogP contribution is -2.13. The Morgan fingerprint density at radius 2 is 1.75 bits per heavy atom. The van der Waals surface area contributed by atoms with Crippen molar-refractivity contribution in [3.63, 3.8) is 0 Å². The van der Waals surface area contributed by atoms with E-state index in [0.29, 0.717) is 27.9 Å². The smallest absolute Gasteiger partial charge is 0.257 e. The number of hydrogen-bond acceptors (Lipinski definition) is 5. The van der Waals surface area contributed by atoms with Gasteiger partial charge in [0.15, 0.2) is 0 Å². The monoisotopic (exact) mass is 397 g/mol. The molecule has 1 amide bonds. The summed E-state index contributed by atoms with van der Waals surface area (Å²) in [5, 5.41) is 6.72. The fourth-order valence-electron chi connectivity index (χ4n) is 2.57. The second kappa shape index (κ2) is 8.63. The van der Waals surface area contributed by atoms with Gasteiger partial charge in [0.25, 0.3) is 5.91 Å². The number of aromatic nitrogens is 1. The molecule has 0 bridgehead atoms. The van der Waals surface area contributed by atoms with E-state index in [9.17, 15) is 4.79 Å². The van der Waals surface area contributed by atoms with Gasteiger partial charge in [0.1, 0.15) is 17.3 Å². The Labute approximate surface area is 168 Å². The average molecular weight is 398 g/mol. The molecule has 2 N–H and O–H groups in total. The minimum Gasteiger partial charge on any atom is -0.497 e. The van der Waals surface area contributed by atoms with Crippen LogP contribution in [0.5, 0.6) is 11.5 Å². The predicted molar refractivity (Wildman–Crippen MR) is 111 cm³/mol. The van der Waals surface area contributed by atoms with Gasteiger partial charge in [-0.3, -0.25) is 4.79 Å². The number of nitrogens with zero attached hydrogens (tertiary/aromatic N) is 1. The van der Waals surface area contributed by atoms with Crippen LogP contribution in [-0.4, -0.2) is 25.1 Å². The summed E-state index contributed by atoms with van der Waals surface area (Å²) < 4.78 is 10.4. The third kappa shape index (κ3) is 4.53. The molecule has 28 heavy (non-hydrogen) atoms. The molecule has 0 fully saturated rings. The summed E-state index contributed by atoms with van der Waals surface area (Å²) in [6.07, 6.45) is 1.64. The Balaban J connectivity index is 1.72. The molecule has 2 aromatic carbocycles. The summed E-state index contributed by atoms with van der Waals surface area (Å²) in [5.41, 5.74) is 3.05. The molecule has 1 heterocycles. The third-order valence-electron chi connectivity index (χ3n) is 4.17. The van der Waals surface area contributed by atoms with Gasteiger partial charge in [0.2, 0.25) is 0 Å². The van der Waals surface area contributed by atoms with Crippen LogP contribution in [0.1, 0.15) is 15.9 Å². The van der Waals surface area contributed by atoms with E-state index in [0.717, 1.165) is 16.9 Å². The van der Waals surface area contributed by atoms with E-state index >= 15 is 0 Å². The lowest BCUT2D eigenvalue weighted by Gasteiger charge is -2.11. The largest absolute Gasteiger partial charge is 0.497 e. The van der Waals surface area contributed by atoms with Crippen molar-refractivity contribution < 1.29 is 14.3 Å². The van der Waals surface area contributed by atoms with E-state index < -0.39 is 0 Å². The maximum Gasteiger partial charge on any atom is 0.257 e. The van der Waals surface area contributed by atoms with E-state index in [1.807, 2.05) is 31.2 Å². The second-order valence-electron chi connectivity index (χ2n) is 6.02. The number of benzene rings is 2. The van der Waals surface area contributed by atoms with Gasteiger partial charge in [-0.1, -0.05) is 17.7 Å². The molecular weight excluding hydrogens is 378 g/mol. The van der Waals surface area contributed by atoms with Gasteiger partial charge in [0.05, 0.1) is 26.1 Å².